The van der Waals surface area contributed by atoms with Crippen molar-refractivity contribution < 1.29 is 0 Å². The molecule has 2 atom stereocenters. The van der Waals surface area contributed by atoms with Crippen molar-refractivity contribution in [2.45, 2.75) is 58.2 Å². The maximum absolute atomic E-state index is 4.56. The average Bonchev–Trinajstić information content (AvgIpc) is 2.68. The second-order valence-corrected chi connectivity index (χ2v) is 9.31. The van der Waals surface area contributed by atoms with Gasteiger partial charge in [-0.25, -0.2) is 0 Å². The van der Waals surface area contributed by atoms with E-state index in [0.717, 1.165) is 44.6 Å². The number of fused-ring (bicyclic) bond motifs is 1. The van der Waals surface area contributed by atoms with Crippen LogP contribution >= 0.6 is 24.0 Å². The molecule has 0 aliphatic carbocycles. The molecule has 0 amide bonds. The van der Waals surface area contributed by atoms with Gasteiger partial charge in [0.25, 0.3) is 0 Å². The molecule has 2 N–H and O–H groups in total. The van der Waals surface area contributed by atoms with Crippen LogP contribution in [0.25, 0.3) is 0 Å². The van der Waals surface area contributed by atoms with Crippen LogP contribution in [0, 0.1) is 5.92 Å². The lowest BCUT2D eigenvalue weighted by atomic mass is 9.83. The average molecular weight is 514 g/mol. The molecule has 6 heteroatoms. The van der Waals surface area contributed by atoms with Crippen molar-refractivity contribution in [3.63, 3.8) is 0 Å². The minimum Gasteiger partial charge on any atom is -0.355 e. The molecule has 0 radical (unpaired) electrons. The first kappa shape index (κ1) is 24.4. The van der Waals surface area contributed by atoms with Gasteiger partial charge in [0.15, 0.2) is 5.96 Å². The maximum Gasteiger partial charge on any atom is 0.193 e. The number of aliphatic imine (C=N–C) groups is 1. The monoisotopic (exact) mass is 513 g/mol. The fourth-order valence-corrected chi connectivity index (χ4v) is 4.66. The normalized spacial score (nSPS) is 23.3. The second kappa shape index (κ2) is 11.5. The summed E-state index contributed by atoms with van der Waals surface area (Å²) < 4.78 is 0. The predicted octanol–water partition coefficient (Wildman–Crippen LogP) is 3.55. The molecule has 2 fully saturated rings. The fourth-order valence-electron chi connectivity index (χ4n) is 4.66. The first-order valence-electron chi connectivity index (χ1n) is 10.9. The Morgan fingerprint density at radius 2 is 1.86 bits per heavy atom. The fraction of sp³-hybridized carbons (Fsp3) is 0.696. The number of halogens is 1. The van der Waals surface area contributed by atoms with Gasteiger partial charge in [0, 0.05) is 51.4 Å². The van der Waals surface area contributed by atoms with Crippen molar-refractivity contribution in [1.29, 1.82) is 0 Å². The summed E-state index contributed by atoms with van der Waals surface area (Å²) in [6.07, 6.45) is 3.89. The van der Waals surface area contributed by atoms with Gasteiger partial charge < -0.3 is 15.5 Å². The quantitative estimate of drug-likeness (QED) is 0.274. The number of hydrogen-bond acceptors (Lipinski definition) is 3. The van der Waals surface area contributed by atoms with Gasteiger partial charge in [-0.3, -0.25) is 9.89 Å². The van der Waals surface area contributed by atoms with E-state index in [1.807, 2.05) is 7.05 Å². The smallest absolute Gasteiger partial charge is 0.193 e. The summed E-state index contributed by atoms with van der Waals surface area (Å²) in [4.78, 5) is 9.76. The summed E-state index contributed by atoms with van der Waals surface area (Å²) in [5.41, 5.74) is 1.60. The van der Waals surface area contributed by atoms with Crippen molar-refractivity contribution in [2.24, 2.45) is 10.9 Å². The van der Waals surface area contributed by atoms with E-state index in [-0.39, 0.29) is 29.5 Å². The van der Waals surface area contributed by atoms with Crippen molar-refractivity contribution in [3.8, 4) is 0 Å². The van der Waals surface area contributed by atoms with Crippen LogP contribution in [0.3, 0.4) is 0 Å². The Morgan fingerprint density at radius 3 is 2.55 bits per heavy atom. The van der Waals surface area contributed by atoms with Crippen LogP contribution in [0.5, 0.6) is 0 Å². The van der Waals surface area contributed by atoms with E-state index in [1.165, 1.54) is 31.4 Å². The van der Waals surface area contributed by atoms with Crippen molar-refractivity contribution in [2.75, 3.05) is 39.8 Å². The maximum atomic E-state index is 4.56. The lowest BCUT2D eigenvalue weighted by Gasteiger charge is -2.48. The molecule has 3 rings (SSSR count). The molecule has 2 saturated heterocycles. The van der Waals surface area contributed by atoms with Gasteiger partial charge in [0.1, 0.15) is 0 Å². The molecular weight excluding hydrogens is 473 g/mol. The third kappa shape index (κ3) is 7.40. The summed E-state index contributed by atoms with van der Waals surface area (Å²) in [5, 5.41) is 7.09. The van der Waals surface area contributed by atoms with E-state index in [2.05, 4.69) is 76.5 Å². The number of guanidine groups is 1. The molecule has 1 aromatic carbocycles. The number of hydrogen-bond donors (Lipinski definition) is 2. The third-order valence-electron chi connectivity index (χ3n) is 5.99. The molecule has 0 aromatic heterocycles. The number of nitrogens with one attached hydrogen (secondary N) is 2. The van der Waals surface area contributed by atoms with Crippen molar-refractivity contribution in [1.82, 2.24) is 20.4 Å². The standard InChI is InChI=1S/C23H39N5.HI/c1-23(2,3)26-14-13-25-22(24-4)28-16-12-21-20(18-28)11-8-15-27(21)17-19-9-6-5-7-10-19;/h5-7,9-10,20-21,26H,8,11-18H2,1-4H3,(H,24,25);1H. The summed E-state index contributed by atoms with van der Waals surface area (Å²) in [6.45, 7) is 13.0. The van der Waals surface area contributed by atoms with E-state index < -0.39 is 0 Å². The molecule has 5 nitrogen and oxygen atoms in total. The Balaban J connectivity index is 0.00000300. The highest BCUT2D eigenvalue weighted by Crippen LogP contribution is 2.31. The number of benzene rings is 1. The molecule has 2 aliphatic rings. The third-order valence-corrected chi connectivity index (χ3v) is 5.99. The van der Waals surface area contributed by atoms with Crippen LogP contribution < -0.4 is 10.6 Å². The highest BCUT2D eigenvalue weighted by atomic mass is 127. The van der Waals surface area contributed by atoms with Crippen molar-refractivity contribution in [3.05, 3.63) is 35.9 Å². The van der Waals surface area contributed by atoms with Gasteiger partial charge in [-0.05, 0) is 58.1 Å². The first-order valence-corrected chi connectivity index (χ1v) is 10.9. The number of nitrogens with zero attached hydrogens (tertiary/aromatic N) is 3. The van der Waals surface area contributed by atoms with E-state index in [9.17, 15) is 0 Å². The number of likely N-dealkylation sites (tertiary alicyclic amines) is 2. The van der Waals surface area contributed by atoms with Gasteiger partial charge in [-0.2, -0.15) is 0 Å². The van der Waals surface area contributed by atoms with Crippen LogP contribution in [-0.4, -0.2) is 67.1 Å². The van der Waals surface area contributed by atoms with E-state index >= 15 is 0 Å². The second-order valence-electron chi connectivity index (χ2n) is 9.31. The Labute approximate surface area is 194 Å². The van der Waals surface area contributed by atoms with E-state index in [4.69, 9.17) is 0 Å². The zero-order valence-corrected chi connectivity index (χ0v) is 21.0. The van der Waals surface area contributed by atoms with Crippen LogP contribution in [0.1, 0.15) is 45.6 Å². The van der Waals surface area contributed by atoms with Gasteiger partial charge in [0.2, 0.25) is 0 Å². The van der Waals surface area contributed by atoms with Crippen LogP contribution in [-0.2, 0) is 6.54 Å². The molecule has 2 unspecified atom stereocenters. The highest BCUT2D eigenvalue weighted by molar-refractivity contribution is 14.0. The molecule has 0 saturated carbocycles. The van der Waals surface area contributed by atoms with Gasteiger partial charge in [-0.1, -0.05) is 30.3 Å². The van der Waals surface area contributed by atoms with Crippen LogP contribution in [0.4, 0.5) is 0 Å². The summed E-state index contributed by atoms with van der Waals surface area (Å²) in [6, 6.07) is 11.7. The summed E-state index contributed by atoms with van der Waals surface area (Å²) >= 11 is 0. The van der Waals surface area contributed by atoms with Gasteiger partial charge >= 0.3 is 0 Å². The Morgan fingerprint density at radius 1 is 1.10 bits per heavy atom. The largest absolute Gasteiger partial charge is 0.355 e. The zero-order valence-electron chi connectivity index (χ0n) is 18.7. The van der Waals surface area contributed by atoms with Crippen molar-refractivity contribution >= 4 is 29.9 Å². The zero-order chi connectivity index (χ0) is 20.0. The molecule has 0 bridgehead atoms. The summed E-state index contributed by atoms with van der Waals surface area (Å²) in [7, 11) is 1.91. The number of rotatable bonds is 5. The molecule has 2 aliphatic heterocycles. The Bertz CT molecular complexity index is 628. The number of piperidine rings is 2. The molecule has 1 aromatic rings. The van der Waals surface area contributed by atoms with Crippen LogP contribution in [0.15, 0.2) is 35.3 Å². The minimum absolute atomic E-state index is 0. The lowest BCUT2D eigenvalue weighted by Crippen LogP contribution is -2.57. The van der Waals surface area contributed by atoms with E-state index in [0.29, 0.717) is 6.04 Å². The first-order chi connectivity index (χ1) is 13.5. The molecule has 29 heavy (non-hydrogen) atoms. The van der Waals surface area contributed by atoms with Crippen LogP contribution in [0.2, 0.25) is 0 Å². The van der Waals surface area contributed by atoms with Gasteiger partial charge in [-0.15, -0.1) is 24.0 Å². The highest BCUT2D eigenvalue weighted by Gasteiger charge is 2.36. The van der Waals surface area contributed by atoms with E-state index in [1.54, 1.807) is 0 Å². The topological polar surface area (TPSA) is 42.9 Å². The molecule has 164 valence electrons. The Hall–Kier alpha value is -0.860. The molecule has 0 spiro atoms. The SMILES string of the molecule is CN=C(NCCNC(C)(C)C)N1CCC2C(CCCN2Cc2ccccc2)C1.I. The molecular formula is C23H40IN5. The summed E-state index contributed by atoms with van der Waals surface area (Å²) in [5.74, 6) is 1.81. The predicted molar refractivity (Wildman–Crippen MR) is 134 cm³/mol. The Kier molecular flexibility index (Phi) is 9.69. The molecule has 2 heterocycles. The van der Waals surface area contributed by atoms with Gasteiger partial charge in [0.05, 0.1) is 0 Å². The lowest BCUT2D eigenvalue weighted by molar-refractivity contribution is 0.0372. The minimum atomic E-state index is 0.